The molecule has 0 aromatic heterocycles. The Hall–Kier alpha value is -2.82. The SMILES string of the molecule is COc1cccc(NC(=O)[C@H](C)N2Cc3ccccc3C2=O)c1. The lowest BCUT2D eigenvalue weighted by Crippen LogP contribution is -2.42. The van der Waals surface area contributed by atoms with Crippen molar-refractivity contribution in [1.82, 2.24) is 4.90 Å². The second-order valence-corrected chi connectivity index (χ2v) is 5.49. The molecule has 118 valence electrons. The van der Waals surface area contributed by atoms with Crippen molar-refractivity contribution in [2.75, 3.05) is 12.4 Å². The average Bonchev–Trinajstić information content (AvgIpc) is 2.91. The molecular formula is C18H18N2O3. The second kappa shape index (κ2) is 6.12. The third kappa shape index (κ3) is 2.90. The Morgan fingerprint density at radius 2 is 2.00 bits per heavy atom. The van der Waals surface area contributed by atoms with Crippen molar-refractivity contribution < 1.29 is 14.3 Å². The first-order chi connectivity index (χ1) is 11.1. The highest BCUT2D eigenvalue weighted by Gasteiger charge is 2.33. The van der Waals surface area contributed by atoms with Crippen molar-refractivity contribution in [2.45, 2.75) is 19.5 Å². The summed E-state index contributed by atoms with van der Waals surface area (Å²) in [7, 11) is 1.57. The van der Waals surface area contributed by atoms with Crippen LogP contribution in [0, 0.1) is 0 Å². The fraction of sp³-hybridized carbons (Fsp3) is 0.222. The topological polar surface area (TPSA) is 58.6 Å². The summed E-state index contributed by atoms with van der Waals surface area (Å²) in [6.45, 7) is 2.20. The van der Waals surface area contributed by atoms with E-state index in [1.165, 1.54) is 0 Å². The summed E-state index contributed by atoms with van der Waals surface area (Å²) < 4.78 is 5.14. The maximum absolute atomic E-state index is 12.4. The van der Waals surface area contributed by atoms with E-state index in [1.54, 1.807) is 49.3 Å². The number of rotatable bonds is 4. The zero-order valence-corrected chi connectivity index (χ0v) is 13.1. The number of hydrogen-bond acceptors (Lipinski definition) is 3. The molecule has 1 heterocycles. The van der Waals surface area contributed by atoms with E-state index in [0.29, 0.717) is 23.5 Å². The van der Waals surface area contributed by atoms with Gasteiger partial charge in [0.1, 0.15) is 11.8 Å². The van der Waals surface area contributed by atoms with Gasteiger partial charge in [0, 0.05) is 23.9 Å². The molecule has 0 unspecified atom stereocenters. The highest BCUT2D eigenvalue weighted by atomic mass is 16.5. The number of hydrogen-bond donors (Lipinski definition) is 1. The standard InChI is InChI=1S/C18H18N2O3/c1-12(17(21)19-14-7-5-8-15(10-14)23-2)20-11-13-6-3-4-9-16(13)18(20)22/h3-10,12H,11H2,1-2H3,(H,19,21)/t12-/m0/s1. The number of carbonyl (C=O) groups is 2. The number of nitrogens with zero attached hydrogens (tertiary/aromatic N) is 1. The molecular weight excluding hydrogens is 292 g/mol. The second-order valence-electron chi connectivity index (χ2n) is 5.49. The molecule has 0 aliphatic carbocycles. The zero-order chi connectivity index (χ0) is 16.4. The molecule has 1 aliphatic heterocycles. The monoisotopic (exact) mass is 310 g/mol. The summed E-state index contributed by atoms with van der Waals surface area (Å²) in [6, 6.07) is 14.0. The van der Waals surface area contributed by atoms with Gasteiger partial charge in [-0.2, -0.15) is 0 Å². The highest BCUT2D eigenvalue weighted by Crippen LogP contribution is 2.25. The molecule has 0 saturated heterocycles. The van der Waals surface area contributed by atoms with Crippen molar-refractivity contribution in [3.05, 3.63) is 59.7 Å². The number of fused-ring (bicyclic) bond motifs is 1. The van der Waals surface area contributed by atoms with E-state index in [0.717, 1.165) is 5.56 Å². The first kappa shape index (κ1) is 15.1. The summed E-state index contributed by atoms with van der Waals surface area (Å²) in [4.78, 5) is 26.5. The van der Waals surface area contributed by atoms with Gasteiger partial charge in [-0.1, -0.05) is 24.3 Å². The first-order valence-corrected chi connectivity index (χ1v) is 7.44. The van der Waals surface area contributed by atoms with Gasteiger partial charge >= 0.3 is 0 Å². The van der Waals surface area contributed by atoms with Gasteiger partial charge in [-0.15, -0.1) is 0 Å². The summed E-state index contributed by atoms with van der Waals surface area (Å²) in [5.74, 6) is 0.341. The number of nitrogens with one attached hydrogen (secondary N) is 1. The number of methoxy groups -OCH3 is 1. The van der Waals surface area contributed by atoms with Crippen LogP contribution in [0.4, 0.5) is 5.69 Å². The normalized spacial score (nSPS) is 14.3. The number of carbonyl (C=O) groups excluding carboxylic acids is 2. The predicted molar refractivity (Wildman–Crippen MR) is 87.4 cm³/mol. The highest BCUT2D eigenvalue weighted by molar-refractivity contribution is 6.03. The minimum absolute atomic E-state index is 0.103. The number of anilines is 1. The number of benzene rings is 2. The van der Waals surface area contributed by atoms with Crippen LogP contribution >= 0.6 is 0 Å². The van der Waals surface area contributed by atoms with Gasteiger partial charge in [0.05, 0.1) is 7.11 Å². The average molecular weight is 310 g/mol. The summed E-state index contributed by atoms with van der Waals surface area (Å²) in [6.07, 6.45) is 0. The van der Waals surface area contributed by atoms with Gasteiger partial charge < -0.3 is 15.0 Å². The molecule has 5 nitrogen and oxygen atoms in total. The molecule has 0 fully saturated rings. The minimum atomic E-state index is -0.555. The fourth-order valence-electron chi connectivity index (χ4n) is 2.68. The first-order valence-electron chi connectivity index (χ1n) is 7.44. The van der Waals surface area contributed by atoms with Crippen molar-refractivity contribution in [3.8, 4) is 5.75 Å². The Morgan fingerprint density at radius 1 is 1.22 bits per heavy atom. The van der Waals surface area contributed by atoms with Crippen molar-refractivity contribution in [3.63, 3.8) is 0 Å². The third-order valence-corrected chi connectivity index (χ3v) is 4.03. The van der Waals surface area contributed by atoms with Crippen LogP contribution in [0.1, 0.15) is 22.8 Å². The molecule has 0 radical (unpaired) electrons. The van der Waals surface area contributed by atoms with Crippen LogP contribution in [-0.4, -0.2) is 29.9 Å². The largest absolute Gasteiger partial charge is 0.497 e. The van der Waals surface area contributed by atoms with Gasteiger partial charge in [0.25, 0.3) is 5.91 Å². The quantitative estimate of drug-likeness (QED) is 0.944. The molecule has 23 heavy (non-hydrogen) atoms. The molecule has 1 atom stereocenters. The van der Waals surface area contributed by atoms with Crippen LogP contribution in [0.15, 0.2) is 48.5 Å². The van der Waals surface area contributed by atoms with Crippen molar-refractivity contribution in [1.29, 1.82) is 0 Å². The van der Waals surface area contributed by atoms with Crippen molar-refractivity contribution >= 4 is 17.5 Å². The molecule has 0 saturated carbocycles. The smallest absolute Gasteiger partial charge is 0.255 e. The Morgan fingerprint density at radius 3 is 2.74 bits per heavy atom. The molecule has 1 N–H and O–H groups in total. The van der Waals surface area contributed by atoms with Crippen LogP contribution in [-0.2, 0) is 11.3 Å². The molecule has 0 bridgehead atoms. The van der Waals surface area contributed by atoms with Crippen LogP contribution < -0.4 is 10.1 Å². The number of amides is 2. The van der Waals surface area contributed by atoms with E-state index in [-0.39, 0.29) is 11.8 Å². The zero-order valence-electron chi connectivity index (χ0n) is 13.1. The lowest BCUT2D eigenvalue weighted by atomic mass is 10.1. The van der Waals surface area contributed by atoms with Crippen LogP contribution in [0.25, 0.3) is 0 Å². The van der Waals surface area contributed by atoms with Gasteiger partial charge in [-0.25, -0.2) is 0 Å². The van der Waals surface area contributed by atoms with E-state index in [2.05, 4.69) is 5.32 Å². The van der Waals surface area contributed by atoms with Crippen LogP contribution in [0.5, 0.6) is 5.75 Å². The molecule has 0 spiro atoms. The lowest BCUT2D eigenvalue weighted by molar-refractivity contribution is -0.120. The van der Waals surface area contributed by atoms with E-state index in [4.69, 9.17) is 4.74 Å². The molecule has 3 rings (SSSR count). The maximum Gasteiger partial charge on any atom is 0.255 e. The molecule has 2 aromatic rings. The van der Waals surface area contributed by atoms with E-state index < -0.39 is 6.04 Å². The third-order valence-electron chi connectivity index (χ3n) is 4.03. The maximum atomic E-state index is 12.4. The van der Waals surface area contributed by atoms with E-state index in [1.807, 2.05) is 18.2 Å². The molecule has 5 heteroatoms. The molecule has 1 aliphatic rings. The summed E-state index contributed by atoms with van der Waals surface area (Å²) in [5, 5.41) is 2.83. The minimum Gasteiger partial charge on any atom is -0.497 e. The van der Waals surface area contributed by atoms with Crippen LogP contribution in [0.2, 0.25) is 0 Å². The summed E-state index contributed by atoms with van der Waals surface area (Å²) in [5.41, 5.74) is 2.28. The Bertz CT molecular complexity index is 757. The Kier molecular flexibility index (Phi) is 4.02. The van der Waals surface area contributed by atoms with Crippen LogP contribution in [0.3, 0.4) is 0 Å². The summed E-state index contributed by atoms with van der Waals surface area (Å²) >= 11 is 0. The Balaban J connectivity index is 1.72. The Labute approximate surface area is 134 Å². The fourth-order valence-corrected chi connectivity index (χ4v) is 2.68. The molecule has 2 amide bonds. The lowest BCUT2D eigenvalue weighted by Gasteiger charge is -2.23. The predicted octanol–water partition coefficient (Wildman–Crippen LogP) is 2.68. The van der Waals surface area contributed by atoms with Crippen molar-refractivity contribution in [2.24, 2.45) is 0 Å². The van der Waals surface area contributed by atoms with E-state index in [9.17, 15) is 9.59 Å². The number of ether oxygens (including phenoxy) is 1. The van der Waals surface area contributed by atoms with Gasteiger partial charge in [0.15, 0.2) is 0 Å². The van der Waals surface area contributed by atoms with Gasteiger partial charge in [-0.05, 0) is 30.7 Å². The molecule has 2 aromatic carbocycles. The van der Waals surface area contributed by atoms with E-state index >= 15 is 0 Å². The van der Waals surface area contributed by atoms with Gasteiger partial charge in [0.2, 0.25) is 5.91 Å². The van der Waals surface area contributed by atoms with Gasteiger partial charge in [-0.3, -0.25) is 9.59 Å².